The van der Waals surface area contributed by atoms with Crippen molar-refractivity contribution in [2.45, 2.75) is 39.5 Å². The summed E-state index contributed by atoms with van der Waals surface area (Å²) in [4.78, 5) is 33.3. The maximum absolute atomic E-state index is 12.9. The van der Waals surface area contributed by atoms with Gasteiger partial charge in [-0.05, 0) is 44.2 Å². The molecule has 34 heavy (non-hydrogen) atoms. The highest BCUT2D eigenvalue weighted by atomic mass is 16.7. The molecule has 1 aromatic heterocycles. The molecule has 0 saturated carbocycles. The molecule has 3 aromatic rings. The monoisotopic (exact) mass is 466 g/mol. The number of carbonyl (C=O) groups is 1. The van der Waals surface area contributed by atoms with E-state index in [2.05, 4.69) is 4.90 Å². The van der Waals surface area contributed by atoms with Gasteiger partial charge in [-0.25, -0.2) is 4.79 Å². The summed E-state index contributed by atoms with van der Waals surface area (Å²) in [5, 5.41) is 1.36. The summed E-state index contributed by atoms with van der Waals surface area (Å²) in [6.07, 6.45) is 0.886. The fourth-order valence-electron chi connectivity index (χ4n) is 4.81. The van der Waals surface area contributed by atoms with E-state index in [1.807, 2.05) is 70.7 Å². The molecule has 2 aromatic carbocycles. The first-order chi connectivity index (χ1) is 16.5. The fourth-order valence-corrected chi connectivity index (χ4v) is 4.81. The lowest BCUT2D eigenvalue weighted by atomic mass is 9.94. The van der Waals surface area contributed by atoms with Crippen LogP contribution in [0.4, 0.5) is 5.69 Å². The van der Waals surface area contributed by atoms with Crippen molar-refractivity contribution in [2.75, 3.05) is 38.4 Å². The van der Waals surface area contributed by atoms with Crippen LogP contribution in [-0.4, -0.2) is 59.4 Å². The third kappa shape index (κ3) is 5.09. The number of rotatable bonds is 9. The molecule has 0 spiro atoms. The molecule has 2 heterocycles. The predicted octanol–water partition coefficient (Wildman–Crippen LogP) is 3.14. The van der Waals surface area contributed by atoms with Crippen LogP contribution in [-0.2, 0) is 27.5 Å². The Morgan fingerprint density at radius 1 is 1.03 bits per heavy atom. The van der Waals surface area contributed by atoms with E-state index in [4.69, 9.17) is 9.57 Å². The second-order valence-electron chi connectivity index (χ2n) is 8.74. The van der Waals surface area contributed by atoms with Gasteiger partial charge in [-0.15, -0.1) is 0 Å². The molecule has 1 aliphatic rings. The molecule has 0 radical (unpaired) electrons. The fraction of sp³-hybridized carbons (Fsp3) is 0.462. The molecule has 8 heteroatoms. The quantitative estimate of drug-likeness (QED) is 0.453. The molecular formula is C26H34N4O4. The summed E-state index contributed by atoms with van der Waals surface area (Å²) >= 11 is 0. The number of likely N-dealkylation sites (tertiary alicyclic amines) is 1. The Morgan fingerprint density at radius 2 is 1.71 bits per heavy atom. The standard InChI is InChI=1S/C26H34N4O4/c1-4-28-23-12-8-9-13-24(23)29(26(28)32)17-16-27-15-14-21(25(18-27)33-3)19-34-30(20(2)31)22-10-6-5-7-11-22/h5-13,21,25H,4,14-19H2,1-3H3/t21-,25-/m0/s1. The predicted molar refractivity (Wildman–Crippen MR) is 133 cm³/mol. The van der Waals surface area contributed by atoms with Gasteiger partial charge in [0.05, 0.1) is 29.4 Å². The van der Waals surface area contributed by atoms with Gasteiger partial charge in [-0.2, -0.15) is 5.06 Å². The maximum atomic E-state index is 12.9. The molecular weight excluding hydrogens is 432 g/mol. The average Bonchev–Trinajstić information content (AvgIpc) is 3.14. The number of carbonyl (C=O) groups excluding carboxylic acids is 1. The Morgan fingerprint density at radius 3 is 2.35 bits per heavy atom. The topological polar surface area (TPSA) is 68.9 Å². The van der Waals surface area contributed by atoms with Crippen molar-refractivity contribution < 1.29 is 14.4 Å². The smallest absolute Gasteiger partial charge is 0.329 e. The van der Waals surface area contributed by atoms with E-state index in [9.17, 15) is 9.59 Å². The van der Waals surface area contributed by atoms with Crippen LogP contribution in [0.3, 0.4) is 0 Å². The molecule has 1 amide bonds. The van der Waals surface area contributed by atoms with Crippen LogP contribution in [0.5, 0.6) is 0 Å². The number of hydroxylamine groups is 1. The van der Waals surface area contributed by atoms with Crippen LogP contribution in [0.15, 0.2) is 59.4 Å². The van der Waals surface area contributed by atoms with Crippen molar-refractivity contribution in [2.24, 2.45) is 5.92 Å². The lowest BCUT2D eigenvalue weighted by Crippen LogP contribution is -2.48. The zero-order valence-corrected chi connectivity index (χ0v) is 20.2. The van der Waals surface area contributed by atoms with Gasteiger partial charge in [0.25, 0.3) is 0 Å². The molecule has 4 rings (SSSR count). The normalized spacial score (nSPS) is 18.9. The van der Waals surface area contributed by atoms with E-state index >= 15 is 0 Å². The first-order valence-corrected chi connectivity index (χ1v) is 11.9. The maximum Gasteiger partial charge on any atom is 0.329 e. The number of hydrogen-bond acceptors (Lipinski definition) is 5. The van der Waals surface area contributed by atoms with Crippen LogP contribution in [0.1, 0.15) is 20.3 Å². The highest BCUT2D eigenvalue weighted by Crippen LogP contribution is 2.23. The first kappa shape index (κ1) is 24.2. The number of para-hydroxylation sites is 3. The Labute approximate surface area is 200 Å². The molecule has 2 atom stereocenters. The Hall–Kier alpha value is -2.94. The highest BCUT2D eigenvalue weighted by Gasteiger charge is 2.30. The minimum Gasteiger partial charge on any atom is -0.380 e. The summed E-state index contributed by atoms with van der Waals surface area (Å²) < 4.78 is 9.50. The molecule has 0 N–H and O–H groups in total. The molecule has 0 aliphatic carbocycles. The lowest BCUT2D eigenvalue weighted by molar-refractivity contribution is -0.126. The summed E-state index contributed by atoms with van der Waals surface area (Å²) in [5.41, 5.74) is 2.72. The first-order valence-electron chi connectivity index (χ1n) is 11.9. The van der Waals surface area contributed by atoms with E-state index < -0.39 is 0 Å². The molecule has 0 bridgehead atoms. The number of methoxy groups -OCH3 is 1. The summed E-state index contributed by atoms with van der Waals surface area (Å²) in [6, 6.07) is 17.4. The number of imidazole rings is 1. The largest absolute Gasteiger partial charge is 0.380 e. The van der Waals surface area contributed by atoms with Gasteiger partial charge in [0.2, 0.25) is 5.91 Å². The van der Waals surface area contributed by atoms with E-state index in [0.29, 0.717) is 19.7 Å². The van der Waals surface area contributed by atoms with Gasteiger partial charge in [0, 0.05) is 46.1 Å². The Balaban J connectivity index is 1.37. The number of benzene rings is 2. The second kappa shape index (κ2) is 11.0. The summed E-state index contributed by atoms with van der Waals surface area (Å²) in [5.74, 6) is 0.0193. The number of ether oxygens (including phenoxy) is 1. The third-order valence-electron chi connectivity index (χ3n) is 6.66. The molecule has 182 valence electrons. The van der Waals surface area contributed by atoms with Crippen molar-refractivity contribution in [3.63, 3.8) is 0 Å². The zero-order valence-electron chi connectivity index (χ0n) is 20.2. The van der Waals surface area contributed by atoms with Crippen LogP contribution in [0.2, 0.25) is 0 Å². The number of aromatic nitrogens is 2. The van der Waals surface area contributed by atoms with E-state index in [0.717, 1.165) is 42.8 Å². The highest BCUT2D eigenvalue weighted by molar-refractivity contribution is 5.89. The summed E-state index contributed by atoms with van der Waals surface area (Å²) in [6.45, 7) is 7.62. The number of anilines is 1. The van der Waals surface area contributed by atoms with Crippen LogP contribution < -0.4 is 10.8 Å². The van der Waals surface area contributed by atoms with Crippen molar-refractivity contribution in [3.05, 3.63) is 65.1 Å². The minimum absolute atomic E-state index is 0.00737. The molecule has 8 nitrogen and oxygen atoms in total. The molecule has 1 fully saturated rings. The zero-order chi connectivity index (χ0) is 24.1. The van der Waals surface area contributed by atoms with Gasteiger partial charge >= 0.3 is 5.69 Å². The van der Waals surface area contributed by atoms with Gasteiger partial charge in [-0.3, -0.25) is 23.7 Å². The third-order valence-corrected chi connectivity index (χ3v) is 6.66. The van der Waals surface area contributed by atoms with Crippen molar-refractivity contribution in [1.82, 2.24) is 14.0 Å². The van der Waals surface area contributed by atoms with Crippen LogP contribution in [0.25, 0.3) is 11.0 Å². The van der Waals surface area contributed by atoms with Crippen molar-refractivity contribution in [3.8, 4) is 0 Å². The lowest BCUT2D eigenvalue weighted by Gasteiger charge is -2.38. The van der Waals surface area contributed by atoms with Crippen LogP contribution >= 0.6 is 0 Å². The number of aryl methyl sites for hydroxylation is 1. The van der Waals surface area contributed by atoms with Crippen molar-refractivity contribution in [1.29, 1.82) is 0 Å². The number of nitrogens with zero attached hydrogens (tertiary/aromatic N) is 4. The van der Waals surface area contributed by atoms with Gasteiger partial charge in [-0.1, -0.05) is 30.3 Å². The number of amides is 1. The molecule has 1 aliphatic heterocycles. The van der Waals surface area contributed by atoms with E-state index in [1.165, 1.54) is 12.0 Å². The van der Waals surface area contributed by atoms with E-state index in [1.54, 1.807) is 7.11 Å². The number of fused-ring (bicyclic) bond motifs is 1. The molecule has 0 unspecified atom stereocenters. The molecule has 1 saturated heterocycles. The SMILES string of the molecule is CCn1c(=O)n(CCN2CC[C@@H](CON(C(C)=O)c3ccccc3)[C@@H](OC)C2)c2ccccc21. The second-order valence-corrected chi connectivity index (χ2v) is 8.74. The van der Waals surface area contributed by atoms with E-state index in [-0.39, 0.29) is 23.6 Å². The van der Waals surface area contributed by atoms with Crippen LogP contribution in [0, 0.1) is 5.92 Å². The number of piperidine rings is 1. The average molecular weight is 467 g/mol. The minimum atomic E-state index is -0.158. The van der Waals surface area contributed by atoms with Gasteiger partial charge in [0.15, 0.2) is 0 Å². The van der Waals surface area contributed by atoms with Gasteiger partial charge in [0.1, 0.15) is 0 Å². The Kier molecular flexibility index (Phi) is 7.82. The number of hydrogen-bond donors (Lipinski definition) is 0. The van der Waals surface area contributed by atoms with Gasteiger partial charge < -0.3 is 4.74 Å². The summed E-state index contributed by atoms with van der Waals surface area (Å²) in [7, 11) is 1.72. The van der Waals surface area contributed by atoms with Crippen molar-refractivity contribution >= 4 is 22.6 Å². The Bertz CT molecular complexity index is 1160.